The third-order valence-corrected chi connectivity index (χ3v) is 4.96. The second-order valence-corrected chi connectivity index (χ2v) is 6.41. The van der Waals surface area contributed by atoms with E-state index in [9.17, 15) is 14.7 Å². The van der Waals surface area contributed by atoms with Gasteiger partial charge in [-0.15, -0.1) is 0 Å². The van der Waals surface area contributed by atoms with Crippen molar-refractivity contribution in [1.82, 2.24) is 9.80 Å². The summed E-state index contributed by atoms with van der Waals surface area (Å²) in [6, 6.07) is 0. The molecule has 1 atom stereocenters. The van der Waals surface area contributed by atoms with Crippen LogP contribution in [0.1, 0.15) is 39.0 Å². The average Bonchev–Trinajstić information content (AvgIpc) is 2.85. The van der Waals surface area contributed by atoms with Crippen LogP contribution in [0, 0.1) is 11.3 Å². The Morgan fingerprint density at radius 3 is 2.35 bits per heavy atom. The molecule has 2 aliphatic heterocycles. The molecule has 1 N–H and O–H groups in total. The fourth-order valence-electron chi connectivity index (χ4n) is 3.60. The zero-order chi connectivity index (χ0) is 14.8. The lowest BCUT2D eigenvalue weighted by Crippen LogP contribution is -2.48. The molecule has 0 aromatic heterocycles. The van der Waals surface area contributed by atoms with Gasteiger partial charge < -0.3 is 14.9 Å². The number of amides is 1. The van der Waals surface area contributed by atoms with Crippen LogP contribution in [-0.4, -0.2) is 60.0 Å². The summed E-state index contributed by atoms with van der Waals surface area (Å²) in [7, 11) is 2.04. The summed E-state index contributed by atoms with van der Waals surface area (Å²) >= 11 is 0. The second-order valence-electron chi connectivity index (χ2n) is 6.41. The quantitative estimate of drug-likeness (QED) is 0.847. The van der Waals surface area contributed by atoms with E-state index in [0.29, 0.717) is 25.9 Å². The fraction of sp³-hybridized carbons (Fsp3) is 0.867. The average molecular weight is 282 g/mol. The van der Waals surface area contributed by atoms with Gasteiger partial charge in [0.25, 0.3) is 0 Å². The lowest BCUT2D eigenvalue weighted by Gasteiger charge is -2.39. The zero-order valence-corrected chi connectivity index (χ0v) is 12.6. The molecule has 114 valence electrons. The van der Waals surface area contributed by atoms with Gasteiger partial charge in [0.05, 0.1) is 11.3 Å². The Kier molecular flexibility index (Phi) is 4.68. The summed E-state index contributed by atoms with van der Waals surface area (Å²) in [6.07, 6.45) is 3.74. The van der Waals surface area contributed by atoms with Gasteiger partial charge >= 0.3 is 5.97 Å². The molecule has 2 heterocycles. The highest BCUT2D eigenvalue weighted by Gasteiger charge is 2.42. The Hall–Kier alpha value is -1.10. The maximum atomic E-state index is 12.4. The molecule has 2 fully saturated rings. The summed E-state index contributed by atoms with van der Waals surface area (Å²) in [5.41, 5.74) is -0.599. The molecule has 0 aromatic carbocycles. The number of carboxylic acids is 1. The van der Waals surface area contributed by atoms with E-state index in [4.69, 9.17) is 0 Å². The molecule has 5 heteroatoms. The van der Waals surface area contributed by atoms with Gasteiger partial charge in [0.1, 0.15) is 0 Å². The summed E-state index contributed by atoms with van der Waals surface area (Å²) in [6.45, 7) is 5.06. The van der Waals surface area contributed by atoms with E-state index < -0.39 is 11.4 Å². The van der Waals surface area contributed by atoms with Gasteiger partial charge in [-0.05, 0) is 39.3 Å². The molecule has 2 rings (SSSR count). The number of carbonyl (C=O) groups excluding carboxylic acids is 1. The van der Waals surface area contributed by atoms with E-state index in [1.165, 1.54) is 0 Å². The van der Waals surface area contributed by atoms with Gasteiger partial charge in [-0.25, -0.2) is 0 Å². The molecule has 2 saturated heterocycles. The van der Waals surface area contributed by atoms with Crippen molar-refractivity contribution in [3.63, 3.8) is 0 Å². The van der Waals surface area contributed by atoms with E-state index in [1.54, 1.807) is 0 Å². The lowest BCUT2D eigenvalue weighted by molar-refractivity contribution is -0.155. The number of rotatable bonds is 4. The predicted octanol–water partition coefficient (Wildman–Crippen LogP) is 1.43. The second kappa shape index (κ2) is 6.12. The predicted molar refractivity (Wildman–Crippen MR) is 76.4 cm³/mol. The van der Waals surface area contributed by atoms with E-state index >= 15 is 0 Å². The van der Waals surface area contributed by atoms with Gasteiger partial charge in [-0.3, -0.25) is 9.59 Å². The van der Waals surface area contributed by atoms with E-state index in [1.807, 2.05) is 18.9 Å². The van der Waals surface area contributed by atoms with Crippen molar-refractivity contribution in [3.8, 4) is 0 Å². The van der Waals surface area contributed by atoms with E-state index in [2.05, 4.69) is 4.90 Å². The van der Waals surface area contributed by atoms with Crippen molar-refractivity contribution in [2.45, 2.75) is 39.0 Å². The van der Waals surface area contributed by atoms with Crippen molar-refractivity contribution in [1.29, 1.82) is 0 Å². The Labute approximate surface area is 120 Å². The first-order valence-electron chi connectivity index (χ1n) is 7.69. The van der Waals surface area contributed by atoms with Crippen LogP contribution in [0.2, 0.25) is 0 Å². The topological polar surface area (TPSA) is 60.9 Å². The van der Waals surface area contributed by atoms with Gasteiger partial charge in [0, 0.05) is 19.6 Å². The molecule has 0 spiro atoms. The molecule has 20 heavy (non-hydrogen) atoms. The maximum Gasteiger partial charge on any atom is 0.309 e. The van der Waals surface area contributed by atoms with Crippen molar-refractivity contribution in [2.24, 2.45) is 11.3 Å². The number of hydrogen-bond acceptors (Lipinski definition) is 3. The van der Waals surface area contributed by atoms with Crippen LogP contribution in [0.4, 0.5) is 0 Å². The Morgan fingerprint density at radius 1 is 1.25 bits per heavy atom. The molecule has 0 saturated carbocycles. The highest BCUT2D eigenvalue weighted by atomic mass is 16.4. The number of carboxylic acid groups (broad SMARTS) is 1. The monoisotopic (exact) mass is 282 g/mol. The highest BCUT2D eigenvalue weighted by Crippen LogP contribution is 2.37. The first kappa shape index (κ1) is 15.3. The third-order valence-electron chi connectivity index (χ3n) is 4.96. The van der Waals surface area contributed by atoms with E-state index in [-0.39, 0.29) is 11.8 Å². The van der Waals surface area contributed by atoms with Crippen LogP contribution in [0.15, 0.2) is 0 Å². The third kappa shape index (κ3) is 2.97. The molecule has 0 aromatic rings. The van der Waals surface area contributed by atoms with Crippen LogP contribution in [0.25, 0.3) is 0 Å². The van der Waals surface area contributed by atoms with Crippen LogP contribution in [0.3, 0.4) is 0 Å². The first-order valence-corrected chi connectivity index (χ1v) is 7.69. The minimum absolute atomic E-state index is 0.114. The number of likely N-dealkylation sites (tertiary alicyclic amines) is 2. The smallest absolute Gasteiger partial charge is 0.309 e. The molecule has 0 bridgehead atoms. The van der Waals surface area contributed by atoms with Crippen molar-refractivity contribution in [2.75, 3.05) is 33.2 Å². The SMILES string of the molecule is CCCC1(C(=O)O)CCN(C(=O)C2CCN(C)C2)CC1. The molecule has 5 nitrogen and oxygen atoms in total. The number of carbonyl (C=O) groups is 2. The molecule has 2 aliphatic rings. The number of hydrogen-bond donors (Lipinski definition) is 1. The van der Waals surface area contributed by atoms with Crippen LogP contribution in [0.5, 0.6) is 0 Å². The standard InChI is InChI=1S/C15H26N2O3/c1-3-5-15(14(19)20)6-9-17(10-7-15)13(18)12-4-8-16(2)11-12/h12H,3-11H2,1-2H3,(H,19,20). The van der Waals surface area contributed by atoms with Crippen molar-refractivity contribution in [3.05, 3.63) is 0 Å². The Bertz CT molecular complexity index is 375. The van der Waals surface area contributed by atoms with Gasteiger partial charge in [-0.1, -0.05) is 13.3 Å². The van der Waals surface area contributed by atoms with Crippen molar-refractivity contribution >= 4 is 11.9 Å². The van der Waals surface area contributed by atoms with Gasteiger partial charge in [-0.2, -0.15) is 0 Å². The van der Waals surface area contributed by atoms with E-state index in [0.717, 1.165) is 32.4 Å². The Balaban J connectivity index is 1.93. The van der Waals surface area contributed by atoms with Gasteiger partial charge in [0.15, 0.2) is 0 Å². The lowest BCUT2D eigenvalue weighted by atomic mass is 9.75. The minimum atomic E-state index is -0.688. The maximum absolute atomic E-state index is 12.4. The zero-order valence-electron chi connectivity index (χ0n) is 12.6. The fourth-order valence-corrected chi connectivity index (χ4v) is 3.60. The van der Waals surface area contributed by atoms with Crippen LogP contribution >= 0.6 is 0 Å². The molecule has 0 radical (unpaired) electrons. The molecular weight excluding hydrogens is 256 g/mol. The van der Waals surface area contributed by atoms with Gasteiger partial charge in [0.2, 0.25) is 5.91 Å². The first-order chi connectivity index (χ1) is 9.48. The number of aliphatic carboxylic acids is 1. The summed E-state index contributed by atoms with van der Waals surface area (Å²) in [5, 5.41) is 9.48. The Morgan fingerprint density at radius 2 is 1.90 bits per heavy atom. The molecule has 1 unspecified atom stereocenters. The molecule has 1 amide bonds. The largest absolute Gasteiger partial charge is 0.481 e. The summed E-state index contributed by atoms with van der Waals surface area (Å²) in [4.78, 5) is 28.0. The van der Waals surface area contributed by atoms with Crippen LogP contribution < -0.4 is 0 Å². The highest BCUT2D eigenvalue weighted by molar-refractivity contribution is 5.80. The normalized spacial score (nSPS) is 26.7. The number of piperidine rings is 1. The van der Waals surface area contributed by atoms with Crippen molar-refractivity contribution < 1.29 is 14.7 Å². The van der Waals surface area contributed by atoms with Crippen LogP contribution in [-0.2, 0) is 9.59 Å². The number of nitrogens with zero attached hydrogens (tertiary/aromatic N) is 2. The molecular formula is C15H26N2O3. The molecule has 0 aliphatic carbocycles. The minimum Gasteiger partial charge on any atom is -0.481 e. The summed E-state index contributed by atoms with van der Waals surface area (Å²) in [5.74, 6) is -0.347. The summed E-state index contributed by atoms with van der Waals surface area (Å²) < 4.78 is 0.